The Labute approximate surface area is 236 Å². The zero-order valence-corrected chi connectivity index (χ0v) is 22.8. The molecule has 2 atom stereocenters. The highest BCUT2D eigenvalue weighted by Gasteiger charge is 2.40. The van der Waals surface area contributed by atoms with Crippen LogP contribution in [-0.4, -0.2) is 72.5 Å². The van der Waals surface area contributed by atoms with Crippen molar-refractivity contribution in [2.75, 3.05) is 56.0 Å². The summed E-state index contributed by atoms with van der Waals surface area (Å²) in [5.41, 5.74) is -0.825. The second-order valence-corrected chi connectivity index (χ2v) is 11.5. The fraction of sp³-hybridized carbons (Fsp3) is 0.536. The molecule has 1 N–H and O–H groups in total. The van der Waals surface area contributed by atoms with Crippen molar-refractivity contribution in [3.8, 4) is 0 Å². The molecule has 3 aliphatic rings. The van der Waals surface area contributed by atoms with E-state index in [9.17, 15) is 28.1 Å². The first kappa shape index (κ1) is 28.5. The number of rotatable bonds is 8. The lowest BCUT2D eigenvalue weighted by molar-refractivity contribution is -0.388. The molecule has 0 bridgehead atoms. The first-order valence-corrected chi connectivity index (χ1v) is 14.1. The van der Waals surface area contributed by atoms with Gasteiger partial charge >= 0.3 is 6.18 Å². The van der Waals surface area contributed by atoms with E-state index < -0.39 is 22.4 Å². The summed E-state index contributed by atoms with van der Waals surface area (Å²) in [7, 11) is 0. The molecule has 12 heteroatoms. The van der Waals surface area contributed by atoms with Crippen molar-refractivity contribution in [1.29, 1.82) is 0 Å². The Morgan fingerprint density at radius 3 is 2.27 bits per heavy atom. The van der Waals surface area contributed by atoms with E-state index in [1.54, 1.807) is 0 Å². The third-order valence-electron chi connectivity index (χ3n) is 8.34. The van der Waals surface area contributed by atoms with E-state index in [4.69, 9.17) is 11.6 Å². The number of likely N-dealkylation sites (tertiary alicyclic amines) is 2. The number of nitrogens with one attached hydrogen (secondary N) is 1. The van der Waals surface area contributed by atoms with Crippen LogP contribution in [0.3, 0.4) is 0 Å². The van der Waals surface area contributed by atoms with Gasteiger partial charge in [0.05, 0.1) is 4.92 Å². The summed E-state index contributed by atoms with van der Waals surface area (Å²) < 4.78 is 39.8. The average molecular weight is 580 g/mol. The quantitative estimate of drug-likeness (QED) is 0.328. The number of amides is 1. The number of nitrogens with zero attached hydrogens (tertiary/aromatic N) is 4. The maximum atomic E-state index is 13.3. The highest BCUT2D eigenvalue weighted by molar-refractivity contribution is 6.30. The molecule has 3 fully saturated rings. The Kier molecular flexibility index (Phi) is 8.42. The van der Waals surface area contributed by atoms with Gasteiger partial charge in [-0.3, -0.25) is 14.9 Å². The summed E-state index contributed by atoms with van der Waals surface area (Å²) in [6, 6.07) is 10.9. The maximum Gasteiger partial charge on any atom is 0.423 e. The van der Waals surface area contributed by atoms with E-state index in [0.717, 1.165) is 56.3 Å². The Balaban J connectivity index is 1.02. The molecular weight excluding hydrogens is 547 g/mol. The Bertz CT molecular complexity index is 1210. The molecule has 2 unspecified atom stereocenters. The minimum atomic E-state index is -4.82. The van der Waals surface area contributed by atoms with Crippen LogP contribution < -0.4 is 10.2 Å². The monoisotopic (exact) mass is 579 g/mol. The van der Waals surface area contributed by atoms with Crippen LogP contribution in [0.15, 0.2) is 42.5 Å². The topological polar surface area (TPSA) is 82.0 Å². The van der Waals surface area contributed by atoms with Gasteiger partial charge in [0.2, 0.25) is 5.91 Å². The van der Waals surface area contributed by atoms with Crippen molar-refractivity contribution in [3.63, 3.8) is 0 Å². The second kappa shape index (κ2) is 11.8. The fourth-order valence-electron chi connectivity index (χ4n) is 6.27. The largest absolute Gasteiger partial charge is 0.423 e. The lowest BCUT2D eigenvalue weighted by Crippen LogP contribution is -2.42. The predicted octanol–water partition coefficient (Wildman–Crippen LogP) is 5.52. The van der Waals surface area contributed by atoms with Gasteiger partial charge in [0.15, 0.2) is 0 Å². The van der Waals surface area contributed by atoms with Crippen LogP contribution in [-0.2, 0) is 11.0 Å². The Morgan fingerprint density at radius 1 is 1.02 bits per heavy atom. The molecule has 2 aromatic rings. The van der Waals surface area contributed by atoms with Crippen LogP contribution in [0.25, 0.3) is 0 Å². The van der Waals surface area contributed by atoms with Crippen LogP contribution in [0.1, 0.15) is 31.2 Å². The standard InChI is InChI=1S/C28H33ClF3N5O3/c29-21-3-6-24(7-4-21)36-17-19-15-34(16-20(19)18-36)11-1-2-27(38)35-12-9-22(10-13-35)33-23-5-8-26(37(39)40)25(14-23)28(30,31)32/h3-8,14,19-20,22,33H,1-2,9-13,15-18H2. The zero-order chi connectivity index (χ0) is 28.4. The van der Waals surface area contributed by atoms with Gasteiger partial charge in [0.25, 0.3) is 5.69 Å². The molecule has 40 heavy (non-hydrogen) atoms. The number of fused-ring (bicyclic) bond motifs is 1. The number of carbonyl (C=O) groups is 1. The normalized spacial score (nSPS) is 22.0. The van der Waals surface area contributed by atoms with Gasteiger partial charge in [-0.15, -0.1) is 0 Å². The van der Waals surface area contributed by atoms with E-state index in [1.807, 2.05) is 17.0 Å². The number of alkyl halides is 3. The van der Waals surface area contributed by atoms with Crippen molar-refractivity contribution in [2.24, 2.45) is 11.8 Å². The van der Waals surface area contributed by atoms with Crippen LogP contribution >= 0.6 is 11.6 Å². The number of nitro groups is 1. The summed E-state index contributed by atoms with van der Waals surface area (Å²) in [5.74, 6) is 1.39. The van der Waals surface area contributed by atoms with E-state index in [2.05, 4.69) is 27.2 Å². The van der Waals surface area contributed by atoms with Crippen LogP contribution in [0.5, 0.6) is 0 Å². The molecular formula is C28H33ClF3N5O3. The molecule has 5 rings (SSSR count). The molecule has 2 aromatic carbocycles. The molecule has 0 radical (unpaired) electrons. The molecule has 216 valence electrons. The SMILES string of the molecule is O=C(CCCN1CC2CN(c3ccc(Cl)cc3)CC2C1)N1CCC(Nc2ccc([N+](=O)[O-])c(C(F)(F)F)c2)CC1. The fourth-order valence-corrected chi connectivity index (χ4v) is 6.39. The summed E-state index contributed by atoms with van der Waals surface area (Å²) in [6.45, 7) is 6.16. The molecule has 1 amide bonds. The van der Waals surface area contributed by atoms with E-state index in [1.165, 1.54) is 11.8 Å². The second-order valence-electron chi connectivity index (χ2n) is 11.1. The van der Waals surface area contributed by atoms with E-state index >= 15 is 0 Å². The molecule has 3 heterocycles. The summed E-state index contributed by atoms with van der Waals surface area (Å²) in [6.07, 6.45) is -2.33. The average Bonchev–Trinajstić information content (AvgIpc) is 3.48. The van der Waals surface area contributed by atoms with Gasteiger partial charge in [-0.25, -0.2) is 0 Å². The van der Waals surface area contributed by atoms with Crippen LogP contribution in [0.4, 0.5) is 30.2 Å². The van der Waals surface area contributed by atoms with Gasteiger partial charge in [-0.1, -0.05) is 11.6 Å². The molecule has 0 aromatic heterocycles. The lowest BCUT2D eigenvalue weighted by Gasteiger charge is -2.33. The molecule has 3 saturated heterocycles. The number of halogens is 4. The van der Waals surface area contributed by atoms with Gasteiger partial charge in [-0.05, 0) is 74.0 Å². The van der Waals surface area contributed by atoms with Crippen molar-refractivity contribution >= 4 is 34.6 Å². The minimum Gasteiger partial charge on any atom is -0.382 e. The van der Waals surface area contributed by atoms with Crippen LogP contribution in [0.2, 0.25) is 5.02 Å². The lowest BCUT2D eigenvalue weighted by atomic mass is 10.0. The summed E-state index contributed by atoms with van der Waals surface area (Å²) >= 11 is 6.02. The van der Waals surface area contributed by atoms with Gasteiger partial charge in [0, 0.05) is 74.2 Å². The number of carbonyl (C=O) groups excluding carboxylic acids is 1. The predicted molar refractivity (Wildman–Crippen MR) is 148 cm³/mol. The third-order valence-corrected chi connectivity index (χ3v) is 8.59. The van der Waals surface area contributed by atoms with Crippen molar-refractivity contribution in [3.05, 3.63) is 63.2 Å². The number of nitro benzene ring substituents is 1. The highest BCUT2D eigenvalue weighted by Crippen LogP contribution is 2.38. The van der Waals surface area contributed by atoms with Gasteiger partial charge in [0.1, 0.15) is 5.56 Å². The minimum absolute atomic E-state index is 0.108. The molecule has 0 spiro atoms. The first-order valence-electron chi connectivity index (χ1n) is 13.7. The third kappa shape index (κ3) is 6.63. The molecule has 0 aliphatic carbocycles. The highest BCUT2D eigenvalue weighted by atomic mass is 35.5. The molecule has 8 nitrogen and oxygen atoms in total. The Hall–Kier alpha value is -3.05. The van der Waals surface area contributed by atoms with Gasteiger partial charge < -0.3 is 20.0 Å². The van der Waals surface area contributed by atoms with Crippen molar-refractivity contribution in [2.45, 2.75) is 37.9 Å². The number of hydrogen-bond acceptors (Lipinski definition) is 6. The molecule has 3 aliphatic heterocycles. The summed E-state index contributed by atoms with van der Waals surface area (Å²) in [5, 5.41) is 14.8. The van der Waals surface area contributed by atoms with Crippen LogP contribution in [0, 0.1) is 22.0 Å². The van der Waals surface area contributed by atoms with Gasteiger partial charge in [-0.2, -0.15) is 13.2 Å². The Morgan fingerprint density at radius 2 is 1.68 bits per heavy atom. The number of hydrogen-bond donors (Lipinski definition) is 1. The maximum absolute atomic E-state index is 13.3. The van der Waals surface area contributed by atoms with Crippen molar-refractivity contribution < 1.29 is 22.9 Å². The van der Waals surface area contributed by atoms with E-state index in [-0.39, 0.29) is 17.6 Å². The number of anilines is 2. The van der Waals surface area contributed by atoms with E-state index in [0.29, 0.717) is 44.2 Å². The smallest absolute Gasteiger partial charge is 0.382 e. The number of benzene rings is 2. The van der Waals surface area contributed by atoms with Crippen molar-refractivity contribution in [1.82, 2.24) is 9.80 Å². The molecule has 0 saturated carbocycles. The zero-order valence-electron chi connectivity index (χ0n) is 22.1. The number of piperidine rings is 1. The first-order chi connectivity index (χ1) is 19.1. The summed E-state index contributed by atoms with van der Waals surface area (Å²) in [4.78, 5) is 29.5.